The summed E-state index contributed by atoms with van der Waals surface area (Å²) < 4.78 is 15.2. The fourth-order valence-corrected chi connectivity index (χ4v) is 5.26. The molecule has 1 amide bonds. The van der Waals surface area contributed by atoms with Crippen molar-refractivity contribution >= 4 is 11.6 Å². The van der Waals surface area contributed by atoms with E-state index in [9.17, 15) is 4.79 Å². The van der Waals surface area contributed by atoms with E-state index in [1.54, 1.807) is 13.3 Å². The Morgan fingerprint density at radius 3 is 2.53 bits per heavy atom. The topological polar surface area (TPSA) is 86.8 Å². The summed E-state index contributed by atoms with van der Waals surface area (Å²) in [6.07, 6.45) is 9.98. The molecule has 34 heavy (non-hydrogen) atoms. The van der Waals surface area contributed by atoms with Crippen LogP contribution in [0.1, 0.15) is 76.9 Å². The van der Waals surface area contributed by atoms with Crippen LogP contribution in [0.5, 0.6) is 5.75 Å². The monoisotopic (exact) mass is 466 g/mol. The predicted molar refractivity (Wildman–Crippen MR) is 128 cm³/mol. The lowest BCUT2D eigenvalue weighted by Gasteiger charge is -2.34. The van der Waals surface area contributed by atoms with Crippen molar-refractivity contribution < 1.29 is 14.3 Å². The van der Waals surface area contributed by atoms with Crippen LogP contribution in [0.15, 0.2) is 24.5 Å². The summed E-state index contributed by atoms with van der Waals surface area (Å²) in [5.74, 6) is 1.21. The minimum absolute atomic E-state index is 0.214. The lowest BCUT2D eigenvalue weighted by Crippen LogP contribution is -2.42. The molecule has 1 aliphatic heterocycles. The highest BCUT2D eigenvalue weighted by Gasteiger charge is 2.33. The summed E-state index contributed by atoms with van der Waals surface area (Å²) in [5.41, 5.74) is 3.53. The second kappa shape index (κ2) is 8.92. The summed E-state index contributed by atoms with van der Waals surface area (Å²) in [6, 6.07) is 4.19. The molecule has 3 aromatic rings. The van der Waals surface area contributed by atoms with Crippen LogP contribution in [0.3, 0.4) is 0 Å². The zero-order valence-electron chi connectivity index (χ0n) is 20.5. The van der Waals surface area contributed by atoms with Crippen LogP contribution in [0.25, 0.3) is 16.8 Å². The summed E-state index contributed by atoms with van der Waals surface area (Å²) in [6.45, 7) is 7.02. The number of ether oxygens (including phenoxy) is 2. The zero-order chi connectivity index (χ0) is 23.9. The minimum Gasteiger partial charge on any atom is -0.494 e. The Balaban J connectivity index is 1.44. The van der Waals surface area contributed by atoms with Crippen molar-refractivity contribution in [3.8, 4) is 17.0 Å². The van der Waals surface area contributed by atoms with Crippen LogP contribution < -0.4 is 4.74 Å². The van der Waals surface area contributed by atoms with Crippen molar-refractivity contribution in [2.45, 2.75) is 76.9 Å². The maximum Gasteiger partial charge on any atom is 0.410 e. The molecule has 182 valence electrons. The summed E-state index contributed by atoms with van der Waals surface area (Å²) in [4.78, 5) is 14.3. The van der Waals surface area contributed by atoms with Crippen molar-refractivity contribution in [1.82, 2.24) is 29.5 Å². The Hall–Kier alpha value is -3.10. The molecule has 0 atom stereocenters. The molecule has 4 heterocycles. The number of aromatic nitrogens is 5. The highest BCUT2D eigenvalue weighted by Crippen LogP contribution is 2.41. The van der Waals surface area contributed by atoms with Gasteiger partial charge in [0, 0.05) is 30.8 Å². The summed E-state index contributed by atoms with van der Waals surface area (Å²) in [7, 11) is 1.68. The molecule has 2 fully saturated rings. The molecule has 0 bridgehead atoms. The van der Waals surface area contributed by atoms with Gasteiger partial charge in [-0.2, -0.15) is 5.10 Å². The van der Waals surface area contributed by atoms with E-state index >= 15 is 0 Å². The number of fused-ring (bicyclic) bond motifs is 1. The molecule has 0 N–H and O–H groups in total. The smallest absolute Gasteiger partial charge is 0.410 e. The first-order valence-corrected chi connectivity index (χ1v) is 12.3. The number of carbonyl (C=O) groups is 1. The van der Waals surface area contributed by atoms with Crippen molar-refractivity contribution in [2.24, 2.45) is 0 Å². The Bertz CT molecular complexity index is 1160. The summed E-state index contributed by atoms with van der Waals surface area (Å²) >= 11 is 0. The number of hydrogen-bond acceptors (Lipinski definition) is 6. The van der Waals surface area contributed by atoms with E-state index in [4.69, 9.17) is 9.47 Å². The van der Waals surface area contributed by atoms with Crippen molar-refractivity contribution in [1.29, 1.82) is 0 Å². The summed E-state index contributed by atoms with van der Waals surface area (Å²) in [5, 5.41) is 13.8. The fourth-order valence-electron chi connectivity index (χ4n) is 5.26. The largest absolute Gasteiger partial charge is 0.494 e. The molecule has 0 radical (unpaired) electrons. The van der Waals surface area contributed by atoms with Gasteiger partial charge >= 0.3 is 6.09 Å². The standard InChI is InChI=1S/C25H34N6O3/c1-25(2,3)34-24(32)29-13-10-19(11-14-29)31-23(17-7-5-6-8-17)22(27-28-31)18-15-21(33-4)20-9-12-26-30(20)16-18/h9,12,15-17,19H,5-8,10-11,13-14H2,1-4H3. The molecule has 5 rings (SSSR count). The van der Waals surface area contributed by atoms with Gasteiger partial charge in [0.1, 0.15) is 22.6 Å². The highest BCUT2D eigenvalue weighted by molar-refractivity contribution is 5.70. The van der Waals surface area contributed by atoms with Crippen LogP contribution in [0.2, 0.25) is 0 Å². The predicted octanol–water partition coefficient (Wildman–Crippen LogP) is 4.83. The Morgan fingerprint density at radius 1 is 1.12 bits per heavy atom. The van der Waals surface area contributed by atoms with E-state index in [0.29, 0.717) is 19.0 Å². The normalized spacial score (nSPS) is 18.1. The molecule has 0 aromatic carbocycles. The number of rotatable bonds is 4. The Kier molecular flexibility index (Phi) is 5.95. The molecule has 9 heteroatoms. The van der Waals surface area contributed by atoms with E-state index in [1.165, 1.54) is 18.5 Å². The minimum atomic E-state index is -0.485. The first-order chi connectivity index (χ1) is 16.3. The molecule has 0 unspecified atom stereocenters. The average molecular weight is 467 g/mol. The van der Waals surface area contributed by atoms with E-state index in [0.717, 1.165) is 48.2 Å². The second-order valence-electron chi connectivity index (χ2n) is 10.4. The lowest BCUT2D eigenvalue weighted by molar-refractivity contribution is 0.0183. The molecule has 2 aliphatic rings. The molecule has 1 aliphatic carbocycles. The maximum atomic E-state index is 12.5. The molecule has 1 saturated carbocycles. The quantitative estimate of drug-likeness (QED) is 0.547. The first-order valence-electron chi connectivity index (χ1n) is 12.3. The van der Waals surface area contributed by atoms with E-state index in [1.807, 2.05) is 48.5 Å². The van der Waals surface area contributed by atoms with Gasteiger partial charge in [0.25, 0.3) is 0 Å². The van der Waals surface area contributed by atoms with E-state index in [2.05, 4.69) is 20.1 Å². The number of pyridine rings is 1. The number of nitrogens with zero attached hydrogens (tertiary/aromatic N) is 6. The third kappa shape index (κ3) is 4.35. The number of hydrogen-bond donors (Lipinski definition) is 0. The SMILES string of the molecule is COc1cc(-c2nnn(C3CCN(C(=O)OC(C)(C)C)CC3)c2C2CCCC2)cn2nccc12. The van der Waals surface area contributed by atoms with Crippen LogP contribution in [-0.4, -0.2) is 61.4 Å². The number of amides is 1. The number of methoxy groups -OCH3 is 1. The Morgan fingerprint density at radius 2 is 1.85 bits per heavy atom. The van der Waals surface area contributed by atoms with Crippen LogP contribution in [0, 0.1) is 0 Å². The molecule has 0 spiro atoms. The van der Waals surface area contributed by atoms with Crippen molar-refractivity contribution in [3.63, 3.8) is 0 Å². The number of piperidine rings is 1. The highest BCUT2D eigenvalue weighted by atomic mass is 16.6. The van der Waals surface area contributed by atoms with Gasteiger partial charge < -0.3 is 14.4 Å². The van der Waals surface area contributed by atoms with Gasteiger partial charge in [-0.3, -0.25) is 0 Å². The fraction of sp³-hybridized carbons (Fsp3) is 0.600. The first kappa shape index (κ1) is 22.7. The average Bonchev–Trinajstić information content (AvgIpc) is 3.57. The van der Waals surface area contributed by atoms with Crippen LogP contribution in [-0.2, 0) is 4.74 Å². The Labute approximate surface area is 200 Å². The molecule has 1 saturated heterocycles. The third-order valence-electron chi connectivity index (χ3n) is 6.90. The number of carbonyl (C=O) groups excluding carboxylic acids is 1. The van der Waals surface area contributed by atoms with Gasteiger partial charge in [-0.1, -0.05) is 18.1 Å². The van der Waals surface area contributed by atoms with Gasteiger partial charge in [-0.05, 0) is 58.6 Å². The third-order valence-corrected chi connectivity index (χ3v) is 6.90. The van der Waals surface area contributed by atoms with Crippen molar-refractivity contribution in [2.75, 3.05) is 20.2 Å². The maximum absolute atomic E-state index is 12.5. The number of likely N-dealkylation sites (tertiary alicyclic amines) is 1. The van der Waals surface area contributed by atoms with Gasteiger partial charge in [-0.25, -0.2) is 14.0 Å². The van der Waals surface area contributed by atoms with Gasteiger partial charge in [0.15, 0.2) is 0 Å². The van der Waals surface area contributed by atoms with E-state index < -0.39 is 5.60 Å². The van der Waals surface area contributed by atoms with Crippen LogP contribution >= 0.6 is 0 Å². The molecular weight excluding hydrogens is 432 g/mol. The van der Waals surface area contributed by atoms with Gasteiger partial charge in [0.2, 0.25) is 0 Å². The van der Waals surface area contributed by atoms with Gasteiger partial charge in [-0.15, -0.1) is 5.10 Å². The zero-order valence-corrected chi connectivity index (χ0v) is 20.5. The molecular formula is C25H34N6O3. The van der Waals surface area contributed by atoms with Gasteiger partial charge in [0.05, 0.1) is 25.0 Å². The van der Waals surface area contributed by atoms with Crippen molar-refractivity contribution in [3.05, 3.63) is 30.2 Å². The van der Waals surface area contributed by atoms with E-state index in [-0.39, 0.29) is 12.1 Å². The lowest BCUT2D eigenvalue weighted by atomic mass is 9.97. The molecule has 3 aromatic heterocycles. The molecule has 9 nitrogen and oxygen atoms in total. The van der Waals surface area contributed by atoms with Crippen LogP contribution in [0.4, 0.5) is 4.79 Å². The second-order valence-corrected chi connectivity index (χ2v) is 10.4.